The lowest BCUT2D eigenvalue weighted by atomic mass is 9.99. The minimum atomic E-state index is -1.82. The van der Waals surface area contributed by atoms with E-state index >= 15 is 0 Å². The van der Waals surface area contributed by atoms with Crippen LogP contribution in [-0.4, -0.2) is 74.6 Å². The van der Waals surface area contributed by atoms with Crippen molar-refractivity contribution in [2.75, 3.05) is 18.9 Å². The van der Waals surface area contributed by atoms with Gasteiger partial charge in [0.15, 0.2) is 5.78 Å². The highest BCUT2D eigenvalue weighted by atomic mass is 32.1. The molecule has 0 aliphatic heterocycles. The van der Waals surface area contributed by atoms with Crippen LogP contribution in [0.25, 0.3) is 0 Å². The van der Waals surface area contributed by atoms with E-state index in [0.29, 0.717) is 0 Å². The maximum Gasteiger partial charge on any atom is 0.164 e. The first-order valence-electron chi connectivity index (χ1n) is 7.04. The number of thiol groups is 1. The number of carbonyl (C=O) groups excluding carboxylic acids is 1. The van der Waals surface area contributed by atoms with E-state index in [0.717, 1.165) is 6.54 Å². The second kappa shape index (κ2) is 14.7. The van der Waals surface area contributed by atoms with Gasteiger partial charge in [-0.15, -0.1) is 0 Å². The van der Waals surface area contributed by atoms with Crippen LogP contribution in [0.5, 0.6) is 0 Å². The largest absolute Gasteiger partial charge is 0.394 e. The van der Waals surface area contributed by atoms with Gasteiger partial charge in [0.25, 0.3) is 0 Å². The monoisotopic (exact) mass is 327 g/mol. The van der Waals surface area contributed by atoms with E-state index in [1.165, 1.54) is 19.3 Å². The van der Waals surface area contributed by atoms with Crippen LogP contribution in [0.4, 0.5) is 0 Å². The number of aliphatic hydroxyl groups is 5. The lowest BCUT2D eigenvalue weighted by Crippen LogP contribution is -2.48. The molecule has 0 fully saturated rings. The zero-order chi connectivity index (χ0) is 16.8. The van der Waals surface area contributed by atoms with Crippen molar-refractivity contribution in [3.05, 3.63) is 0 Å². The third kappa shape index (κ3) is 11.1. The van der Waals surface area contributed by atoms with Crippen LogP contribution in [0.2, 0.25) is 0 Å². The molecule has 0 aromatic carbocycles. The van der Waals surface area contributed by atoms with Gasteiger partial charge < -0.3 is 31.3 Å². The molecule has 21 heavy (non-hydrogen) atoms. The molecule has 0 heterocycles. The lowest BCUT2D eigenvalue weighted by molar-refractivity contribution is -0.146. The number of carbonyl (C=O) groups is 1. The van der Waals surface area contributed by atoms with Crippen molar-refractivity contribution < 1.29 is 30.3 Å². The molecule has 4 atom stereocenters. The Labute approximate surface area is 131 Å². The van der Waals surface area contributed by atoms with Crippen molar-refractivity contribution in [1.82, 2.24) is 0 Å². The van der Waals surface area contributed by atoms with Gasteiger partial charge in [-0.05, 0) is 18.7 Å². The average molecular weight is 327 g/mol. The first-order valence-corrected chi connectivity index (χ1v) is 7.67. The molecule has 7 nitrogen and oxygen atoms in total. The number of unbranched alkanes of at least 4 members (excludes halogenated alkanes) is 2. The molecule has 8 heteroatoms. The standard InChI is InChI=1S/C8H16O6S.C5H13N/c9-3-5(11)7(13)8(14)6(12)4(10)1-2-15;1-2-3-4-5-6/h5-9,11-15H,1-3H2;2-6H2,1H3. The van der Waals surface area contributed by atoms with E-state index in [4.69, 9.17) is 15.9 Å². The number of rotatable bonds is 10. The third-order valence-electron chi connectivity index (χ3n) is 2.75. The maximum atomic E-state index is 11.1. The van der Waals surface area contributed by atoms with Crippen molar-refractivity contribution in [3.8, 4) is 0 Å². The quantitative estimate of drug-likeness (QED) is 0.190. The Bertz CT molecular complexity index is 253. The predicted molar refractivity (Wildman–Crippen MR) is 83.2 cm³/mol. The third-order valence-corrected chi connectivity index (χ3v) is 2.97. The van der Waals surface area contributed by atoms with E-state index in [-0.39, 0.29) is 12.2 Å². The van der Waals surface area contributed by atoms with E-state index in [9.17, 15) is 20.1 Å². The Morgan fingerprint density at radius 3 is 2.05 bits per heavy atom. The maximum absolute atomic E-state index is 11.1. The molecule has 128 valence electrons. The zero-order valence-electron chi connectivity index (χ0n) is 12.4. The molecular formula is C13H29NO6S. The first kappa shape index (κ1) is 23.1. The summed E-state index contributed by atoms with van der Waals surface area (Å²) in [5.74, 6) is -0.469. The summed E-state index contributed by atoms with van der Waals surface area (Å²) >= 11 is 3.77. The van der Waals surface area contributed by atoms with Crippen LogP contribution in [0.3, 0.4) is 0 Å². The van der Waals surface area contributed by atoms with E-state index < -0.39 is 36.8 Å². The summed E-state index contributed by atoms with van der Waals surface area (Å²) < 4.78 is 0. The number of nitrogens with two attached hydrogens (primary N) is 1. The molecule has 0 spiro atoms. The van der Waals surface area contributed by atoms with Gasteiger partial charge in [-0.1, -0.05) is 19.8 Å². The molecule has 0 aromatic heterocycles. The first-order chi connectivity index (χ1) is 9.87. The van der Waals surface area contributed by atoms with E-state index in [1.54, 1.807) is 0 Å². The number of hydrogen-bond donors (Lipinski definition) is 7. The molecule has 0 amide bonds. The molecule has 0 aliphatic rings. The van der Waals surface area contributed by atoms with E-state index in [2.05, 4.69) is 19.6 Å². The van der Waals surface area contributed by atoms with Gasteiger partial charge in [0, 0.05) is 6.42 Å². The van der Waals surface area contributed by atoms with Gasteiger partial charge in [-0.3, -0.25) is 4.79 Å². The molecular weight excluding hydrogens is 298 g/mol. The summed E-state index contributed by atoms with van der Waals surface area (Å²) in [6, 6.07) is 0. The van der Waals surface area contributed by atoms with Crippen LogP contribution < -0.4 is 5.73 Å². The molecule has 0 rings (SSSR count). The Kier molecular flexibility index (Phi) is 16.1. The normalized spacial score (nSPS) is 16.4. The molecule has 4 unspecified atom stereocenters. The van der Waals surface area contributed by atoms with Gasteiger partial charge in [-0.25, -0.2) is 0 Å². The summed E-state index contributed by atoms with van der Waals surface area (Å²) in [4.78, 5) is 11.1. The van der Waals surface area contributed by atoms with Crippen LogP contribution in [0, 0.1) is 0 Å². The highest BCUT2D eigenvalue weighted by Gasteiger charge is 2.33. The van der Waals surface area contributed by atoms with Crippen molar-refractivity contribution in [3.63, 3.8) is 0 Å². The summed E-state index contributed by atoms with van der Waals surface area (Å²) in [5.41, 5.74) is 5.21. The van der Waals surface area contributed by atoms with Crippen molar-refractivity contribution >= 4 is 18.4 Å². The topological polar surface area (TPSA) is 144 Å². The van der Waals surface area contributed by atoms with Gasteiger partial charge in [0.05, 0.1) is 6.61 Å². The van der Waals surface area contributed by atoms with Crippen LogP contribution >= 0.6 is 12.6 Å². The number of Topliss-reactive ketones (excluding diaryl/α,β-unsaturated/α-hetero) is 1. The van der Waals surface area contributed by atoms with Crippen molar-refractivity contribution in [1.29, 1.82) is 0 Å². The summed E-state index contributed by atoms with van der Waals surface area (Å²) in [6.45, 7) is 2.26. The molecule has 0 saturated heterocycles. The predicted octanol–water partition coefficient (Wildman–Crippen LogP) is -1.55. The van der Waals surface area contributed by atoms with Gasteiger partial charge in [-0.2, -0.15) is 12.6 Å². The Hall–Kier alpha value is -0.220. The lowest BCUT2D eigenvalue weighted by Gasteiger charge is -2.24. The molecule has 0 saturated carbocycles. The minimum absolute atomic E-state index is 0.0523. The highest BCUT2D eigenvalue weighted by molar-refractivity contribution is 7.80. The minimum Gasteiger partial charge on any atom is -0.394 e. The molecule has 0 bridgehead atoms. The van der Waals surface area contributed by atoms with Gasteiger partial charge in [0.2, 0.25) is 0 Å². The van der Waals surface area contributed by atoms with Crippen LogP contribution in [0.15, 0.2) is 0 Å². The Morgan fingerprint density at radius 1 is 1.14 bits per heavy atom. The van der Waals surface area contributed by atoms with Gasteiger partial charge in [0.1, 0.15) is 24.4 Å². The fourth-order valence-electron chi connectivity index (χ4n) is 1.37. The summed E-state index contributed by atoms with van der Waals surface area (Å²) in [7, 11) is 0. The smallest absolute Gasteiger partial charge is 0.164 e. The summed E-state index contributed by atoms with van der Waals surface area (Å²) in [5, 5.41) is 45.1. The zero-order valence-corrected chi connectivity index (χ0v) is 13.3. The summed E-state index contributed by atoms with van der Waals surface area (Å²) in [6.07, 6.45) is -3.27. The second-order valence-electron chi connectivity index (χ2n) is 4.61. The molecule has 7 N–H and O–H groups in total. The second-order valence-corrected chi connectivity index (χ2v) is 5.06. The average Bonchev–Trinajstić information content (AvgIpc) is 2.50. The van der Waals surface area contributed by atoms with Crippen molar-refractivity contribution in [2.45, 2.75) is 57.0 Å². The fourth-order valence-corrected chi connectivity index (χ4v) is 1.59. The number of ketones is 1. The Balaban J connectivity index is 0. The van der Waals surface area contributed by atoms with Gasteiger partial charge >= 0.3 is 0 Å². The molecule has 0 aromatic rings. The highest BCUT2D eigenvalue weighted by Crippen LogP contribution is 2.07. The van der Waals surface area contributed by atoms with E-state index in [1.807, 2.05) is 0 Å². The number of hydrogen-bond acceptors (Lipinski definition) is 8. The van der Waals surface area contributed by atoms with Crippen LogP contribution in [0.1, 0.15) is 32.6 Å². The Morgan fingerprint density at radius 2 is 1.71 bits per heavy atom. The van der Waals surface area contributed by atoms with Crippen LogP contribution in [-0.2, 0) is 4.79 Å². The SMILES string of the molecule is CCCCCN.O=C(CCS)C(O)C(O)C(O)C(O)CO. The molecule has 0 radical (unpaired) electrons. The molecule has 0 aliphatic carbocycles. The number of aliphatic hydroxyl groups excluding tert-OH is 5. The fraction of sp³-hybridized carbons (Fsp3) is 0.923. The van der Waals surface area contributed by atoms with Crippen molar-refractivity contribution in [2.24, 2.45) is 5.73 Å².